The zero-order valence-corrected chi connectivity index (χ0v) is 14.6. The molecule has 3 rings (SSSR count). The van der Waals surface area contributed by atoms with Gasteiger partial charge in [-0.25, -0.2) is 0 Å². The van der Waals surface area contributed by atoms with Gasteiger partial charge in [0.15, 0.2) is 5.69 Å². The Hall–Kier alpha value is -1.87. The second-order valence-electron chi connectivity index (χ2n) is 5.89. The minimum absolute atomic E-state index is 0.329. The van der Waals surface area contributed by atoms with Gasteiger partial charge in [0.05, 0.1) is 0 Å². The van der Waals surface area contributed by atoms with Gasteiger partial charge in [0.2, 0.25) is 0 Å². The summed E-state index contributed by atoms with van der Waals surface area (Å²) in [5.74, 6) is 0.717. The van der Waals surface area contributed by atoms with Crippen LogP contribution in [0.1, 0.15) is 24.1 Å². The van der Waals surface area contributed by atoms with Crippen molar-refractivity contribution < 1.29 is 0 Å². The molecular formula is C17H17Cl2N5. The van der Waals surface area contributed by atoms with Crippen LogP contribution in [-0.4, -0.2) is 34.2 Å². The van der Waals surface area contributed by atoms with Crippen molar-refractivity contribution in [3.8, 4) is 6.07 Å². The molecule has 1 aliphatic rings. The van der Waals surface area contributed by atoms with Gasteiger partial charge in [0, 0.05) is 35.7 Å². The Bertz CT molecular complexity index is 713. The number of hydrogen-bond donors (Lipinski definition) is 1. The van der Waals surface area contributed by atoms with Crippen LogP contribution in [0, 0.1) is 11.3 Å². The summed E-state index contributed by atoms with van der Waals surface area (Å²) in [6.45, 7) is 2.83. The molecule has 24 heavy (non-hydrogen) atoms. The van der Waals surface area contributed by atoms with Gasteiger partial charge in [-0.3, -0.25) is 4.90 Å². The minimum Gasteiger partial charge on any atom is -0.366 e. The quantitative estimate of drug-likeness (QED) is 0.898. The molecule has 0 aliphatic carbocycles. The number of anilines is 1. The molecule has 0 amide bonds. The third-order valence-electron chi connectivity index (χ3n) is 4.05. The van der Waals surface area contributed by atoms with Crippen LogP contribution < -0.4 is 5.32 Å². The van der Waals surface area contributed by atoms with Gasteiger partial charge in [0.1, 0.15) is 11.9 Å². The van der Waals surface area contributed by atoms with Crippen molar-refractivity contribution >= 4 is 29.0 Å². The summed E-state index contributed by atoms with van der Waals surface area (Å²) in [6, 6.07) is 11.5. The Morgan fingerprint density at radius 2 is 1.83 bits per heavy atom. The van der Waals surface area contributed by atoms with E-state index in [1.807, 2.05) is 18.2 Å². The Labute approximate surface area is 151 Å². The van der Waals surface area contributed by atoms with Gasteiger partial charge in [-0.05, 0) is 48.7 Å². The first-order valence-electron chi connectivity index (χ1n) is 7.80. The fraction of sp³-hybridized carbons (Fsp3) is 0.353. The fourth-order valence-corrected chi connectivity index (χ4v) is 3.45. The van der Waals surface area contributed by atoms with Crippen LogP contribution in [0.15, 0.2) is 30.3 Å². The molecule has 1 saturated heterocycles. The minimum atomic E-state index is 0.329. The lowest BCUT2D eigenvalue weighted by Gasteiger charge is -2.32. The highest BCUT2D eigenvalue weighted by Crippen LogP contribution is 2.22. The predicted molar refractivity (Wildman–Crippen MR) is 95.1 cm³/mol. The van der Waals surface area contributed by atoms with Gasteiger partial charge in [0.25, 0.3) is 0 Å². The predicted octanol–water partition coefficient (Wildman–Crippen LogP) is 3.73. The molecule has 0 radical (unpaired) electrons. The van der Waals surface area contributed by atoms with E-state index in [0.717, 1.165) is 38.0 Å². The maximum atomic E-state index is 8.74. The molecule has 2 aromatic rings. The van der Waals surface area contributed by atoms with Crippen molar-refractivity contribution in [3.05, 3.63) is 51.6 Å². The summed E-state index contributed by atoms with van der Waals surface area (Å²) in [4.78, 5) is 2.39. The average Bonchev–Trinajstić information content (AvgIpc) is 2.56. The summed E-state index contributed by atoms with van der Waals surface area (Å²) >= 11 is 12.1. The van der Waals surface area contributed by atoms with E-state index in [4.69, 9.17) is 28.5 Å². The lowest BCUT2D eigenvalue weighted by molar-refractivity contribution is 0.211. The van der Waals surface area contributed by atoms with Crippen LogP contribution in [0.3, 0.4) is 0 Å². The van der Waals surface area contributed by atoms with Crippen LogP contribution in [0.2, 0.25) is 10.0 Å². The molecule has 1 N–H and O–H groups in total. The van der Waals surface area contributed by atoms with Crippen LogP contribution in [0.25, 0.3) is 0 Å². The first-order chi connectivity index (χ1) is 11.6. The number of halogens is 2. The number of nitrogens with zero attached hydrogens (tertiary/aromatic N) is 4. The van der Waals surface area contributed by atoms with Gasteiger partial charge in [-0.1, -0.05) is 23.2 Å². The second-order valence-corrected chi connectivity index (χ2v) is 6.76. The standard InChI is InChI=1S/C17H17Cl2N5/c18-13-7-12(8-14(19)9-13)11-24-5-3-15(4-6-24)21-17-2-1-16(10-20)22-23-17/h1-2,7-9,15H,3-6,11H2,(H,21,23). The zero-order chi connectivity index (χ0) is 16.9. The van der Waals surface area contributed by atoms with E-state index >= 15 is 0 Å². The zero-order valence-electron chi connectivity index (χ0n) is 13.0. The van der Waals surface area contributed by atoms with Crippen LogP contribution in [0.4, 0.5) is 5.82 Å². The first kappa shape index (κ1) is 17.0. The molecule has 0 bridgehead atoms. The van der Waals surface area contributed by atoms with Crippen LogP contribution in [-0.2, 0) is 6.54 Å². The molecule has 0 spiro atoms. The number of likely N-dealkylation sites (tertiary alicyclic amines) is 1. The molecule has 5 nitrogen and oxygen atoms in total. The van der Waals surface area contributed by atoms with Crippen molar-refractivity contribution in [2.45, 2.75) is 25.4 Å². The number of nitrogens with one attached hydrogen (secondary N) is 1. The highest BCUT2D eigenvalue weighted by atomic mass is 35.5. The van der Waals surface area contributed by atoms with Crippen molar-refractivity contribution in [1.82, 2.24) is 15.1 Å². The maximum absolute atomic E-state index is 8.74. The van der Waals surface area contributed by atoms with Gasteiger partial charge < -0.3 is 5.32 Å². The molecule has 0 saturated carbocycles. The summed E-state index contributed by atoms with van der Waals surface area (Å²) in [6.07, 6.45) is 2.05. The van der Waals surface area contributed by atoms with E-state index in [1.54, 1.807) is 18.2 Å². The van der Waals surface area contributed by atoms with Crippen molar-refractivity contribution in [2.24, 2.45) is 0 Å². The topological polar surface area (TPSA) is 64.8 Å². The smallest absolute Gasteiger partial charge is 0.163 e. The summed E-state index contributed by atoms with van der Waals surface area (Å²) < 4.78 is 0. The molecular weight excluding hydrogens is 345 g/mol. The number of rotatable bonds is 4. The Morgan fingerprint density at radius 3 is 2.42 bits per heavy atom. The molecule has 2 heterocycles. The van der Waals surface area contributed by atoms with E-state index in [1.165, 1.54) is 0 Å². The summed E-state index contributed by atoms with van der Waals surface area (Å²) in [5.41, 5.74) is 1.47. The van der Waals surface area contributed by atoms with E-state index in [-0.39, 0.29) is 0 Å². The van der Waals surface area contributed by atoms with E-state index in [9.17, 15) is 0 Å². The maximum Gasteiger partial charge on any atom is 0.163 e. The highest BCUT2D eigenvalue weighted by Gasteiger charge is 2.19. The first-order valence-corrected chi connectivity index (χ1v) is 8.55. The monoisotopic (exact) mass is 361 g/mol. The second kappa shape index (κ2) is 7.80. The Kier molecular flexibility index (Phi) is 5.52. The van der Waals surface area contributed by atoms with Gasteiger partial charge in [-0.15, -0.1) is 10.2 Å². The van der Waals surface area contributed by atoms with Crippen molar-refractivity contribution in [3.63, 3.8) is 0 Å². The van der Waals surface area contributed by atoms with Crippen molar-refractivity contribution in [1.29, 1.82) is 5.26 Å². The third kappa shape index (κ3) is 4.57. The van der Waals surface area contributed by atoms with Crippen LogP contribution in [0.5, 0.6) is 0 Å². The van der Waals surface area contributed by atoms with Crippen LogP contribution >= 0.6 is 23.2 Å². The molecule has 0 unspecified atom stereocenters. The van der Waals surface area contributed by atoms with E-state index in [2.05, 4.69) is 20.4 Å². The van der Waals surface area contributed by atoms with Gasteiger partial charge in [-0.2, -0.15) is 5.26 Å². The third-order valence-corrected chi connectivity index (χ3v) is 4.48. The van der Waals surface area contributed by atoms with E-state index in [0.29, 0.717) is 27.6 Å². The molecule has 124 valence electrons. The summed E-state index contributed by atoms with van der Waals surface area (Å²) in [7, 11) is 0. The lowest BCUT2D eigenvalue weighted by atomic mass is 10.0. The SMILES string of the molecule is N#Cc1ccc(NC2CCN(Cc3cc(Cl)cc(Cl)c3)CC2)nn1. The normalized spacial score (nSPS) is 15.9. The highest BCUT2D eigenvalue weighted by molar-refractivity contribution is 6.34. The molecule has 1 fully saturated rings. The molecule has 1 aromatic carbocycles. The number of piperidine rings is 1. The number of hydrogen-bond acceptors (Lipinski definition) is 5. The number of nitriles is 1. The van der Waals surface area contributed by atoms with Crippen molar-refractivity contribution in [2.75, 3.05) is 18.4 Å². The largest absolute Gasteiger partial charge is 0.366 e. The molecule has 0 atom stereocenters. The lowest BCUT2D eigenvalue weighted by Crippen LogP contribution is -2.38. The Balaban J connectivity index is 1.51. The fourth-order valence-electron chi connectivity index (χ4n) is 2.87. The number of aromatic nitrogens is 2. The molecule has 7 heteroatoms. The summed E-state index contributed by atoms with van der Waals surface area (Å²) in [5, 5.41) is 21.3. The molecule has 1 aliphatic heterocycles. The average molecular weight is 362 g/mol. The number of benzene rings is 1. The van der Waals surface area contributed by atoms with Gasteiger partial charge >= 0.3 is 0 Å². The Morgan fingerprint density at radius 1 is 1.12 bits per heavy atom. The van der Waals surface area contributed by atoms with E-state index < -0.39 is 0 Å². The molecule has 1 aromatic heterocycles.